The molecular weight excluding hydrogens is 245 g/mol. The molecule has 104 valence electrons. The van der Waals surface area contributed by atoms with E-state index in [1.54, 1.807) is 12.1 Å². The van der Waals surface area contributed by atoms with Gasteiger partial charge in [0.25, 0.3) is 0 Å². The molecule has 1 atom stereocenters. The topological polar surface area (TPSA) is 58.4 Å². The summed E-state index contributed by atoms with van der Waals surface area (Å²) in [5.41, 5.74) is 7.58. The first-order chi connectivity index (χ1) is 9.08. The molecule has 1 unspecified atom stereocenters. The summed E-state index contributed by atoms with van der Waals surface area (Å²) in [6.07, 6.45) is 0.937. The van der Waals surface area contributed by atoms with Crippen LogP contribution in [0.5, 0.6) is 0 Å². The van der Waals surface area contributed by atoms with E-state index in [-0.39, 0.29) is 17.8 Å². The van der Waals surface area contributed by atoms with Gasteiger partial charge in [-0.2, -0.15) is 0 Å². The van der Waals surface area contributed by atoms with Crippen molar-refractivity contribution in [1.82, 2.24) is 10.2 Å². The fourth-order valence-corrected chi connectivity index (χ4v) is 2.56. The van der Waals surface area contributed by atoms with Crippen LogP contribution in [0.3, 0.4) is 0 Å². The van der Waals surface area contributed by atoms with Crippen LogP contribution in [0.4, 0.5) is 4.39 Å². The molecule has 1 amide bonds. The SMILES string of the molecule is CC(=O)NC1CCN(Cc2cc(F)ccc2CN)C1. The van der Waals surface area contributed by atoms with Crippen LogP contribution in [-0.2, 0) is 17.9 Å². The summed E-state index contributed by atoms with van der Waals surface area (Å²) < 4.78 is 13.3. The molecule has 1 aromatic rings. The van der Waals surface area contributed by atoms with E-state index in [0.717, 1.165) is 30.6 Å². The van der Waals surface area contributed by atoms with Crippen LogP contribution in [0.1, 0.15) is 24.5 Å². The molecule has 0 aliphatic carbocycles. The highest BCUT2D eigenvalue weighted by Crippen LogP contribution is 2.17. The van der Waals surface area contributed by atoms with Gasteiger partial charge in [-0.15, -0.1) is 0 Å². The Hall–Kier alpha value is -1.46. The minimum atomic E-state index is -0.232. The molecule has 1 saturated heterocycles. The fourth-order valence-electron chi connectivity index (χ4n) is 2.56. The molecule has 1 aliphatic rings. The molecule has 0 saturated carbocycles. The lowest BCUT2D eigenvalue weighted by atomic mass is 10.1. The quantitative estimate of drug-likeness (QED) is 0.853. The third-order valence-corrected chi connectivity index (χ3v) is 3.46. The number of halogens is 1. The number of hydrogen-bond acceptors (Lipinski definition) is 3. The zero-order valence-corrected chi connectivity index (χ0v) is 11.2. The number of likely N-dealkylation sites (tertiary alicyclic amines) is 1. The van der Waals surface area contributed by atoms with Crippen molar-refractivity contribution < 1.29 is 9.18 Å². The minimum Gasteiger partial charge on any atom is -0.352 e. The minimum absolute atomic E-state index is 0.000234. The van der Waals surface area contributed by atoms with E-state index in [1.807, 2.05) is 0 Å². The Morgan fingerprint density at radius 3 is 3.00 bits per heavy atom. The molecule has 1 aliphatic heterocycles. The molecule has 2 rings (SSSR count). The summed E-state index contributed by atoms with van der Waals surface area (Å²) in [4.78, 5) is 13.2. The van der Waals surface area contributed by atoms with Crippen molar-refractivity contribution in [1.29, 1.82) is 0 Å². The van der Waals surface area contributed by atoms with E-state index < -0.39 is 0 Å². The van der Waals surface area contributed by atoms with Crippen LogP contribution in [0.15, 0.2) is 18.2 Å². The Labute approximate surface area is 112 Å². The normalized spacial score (nSPS) is 19.6. The van der Waals surface area contributed by atoms with Crippen molar-refractivity contribution in [2.45, 2.75) is 32.5 Å². The van der Waals surface area contributed by atoms with E-state index in [1.165, 1.54) is 13.0 Å². The van der Waals surface area contributed by atoms with Gasteiger partial charge in [-0.05, 0) is 29.7 Å². The Bertz CT molecular complexity index is 464. The molecule has 0 radical (unpaired) electrons. The van der Waals surface area contributed by atoms with Crippen molar-refractivity contribution >= 4 is 5.91 Å². The van der Waals surface area contributed by atoms with E-state index in [0.29, 0.717) is 13.1 Å². The predicted octanol–water partition coefficient (Wildman–Crippen LogP) is 0.995. The van der Waals surface area contributed by atoms with Crippen LogP contribution in [0.25, 0.3) is 0 Å². The molecule has 1 heterocycles. The van der Waals surface area contributed by atoms with Crippen molar-refractivity contribution in [2.75, 3.05) is 13.1 Å². The standard InChI is InChI=1S/C14H20FN3O/c1-10(19)17-14-4-5-18(9-14)8-12-6-13(15)3-2-11(12)7-16/h2-3,6,14H,4-5,7-9,16H2,1H3,(H,17,19). The number of carbonyl (C=O) groups excluding carboxylic acids is 1. The van der Waals surface area contributed by atoms with E-state index >= 15 is 0 Å². The second kappa shape index (κ2) is 6.12. The molecule has 0 aromatic heterocycles. The first kappa shape index (κ1) is 14.0. The number of nitrogens with zero attached hydrogens (tertiary/aromatic N) is 1. The monoisotopic (exact) mass is 265 g/mol. The number of nitrogens with two attached hydrogens (primary N) is 1. The number of carbonyl (C=O) groups is 1. The van der Waals surface area contributed by atoms with Crippen molar-refractivity contribution in [2.24, 2.45) is 5.73 Å². The van der Waals surface area contributed by atoms with Gasteiger partial charge in [-0.3, -0.25) is 9.69 Å². The summed E-state index contributed by atoms with van der Waals surface area (Å²) in [5.74, 6) is -0.231. The molecule has 5 heteroatoms. The van der Waals surface area contributed by atoms with Gasteiger partial charge >= 0.3 is 0 Å². The highest BCUT2D eigenvalue weighted by Gasteiger charge is 2.23. The molecule has 0 spiro atoms. The molecule has 4 nitrogen and oxygen atoms in total. The van der Waals surface area contributed by atoms with Gasteiger partial charge in [-0.25, -0.2) is 4.39 Å². The number of rotatable bonds is 4. The molecule has 1 aromatic carbocycles. The van der Waals surface area contributed by atoms with Gasteiger partial charge in [0.15, 0.2) is 0 Å². The van der Waals surface area contributed by atoms with Gasteiger partial charge in [0.2, 0.25) is 5.91 Å². The molecular formula is C14H20FN3O. The highest BCUT2D eigenvalue weighted by molar-refractivity contribution is 5.73. The molecule has 0 bridgehead atoms. The maximum Gasteiger partial charge on any atom is 0.217 e. The Kier molecular flexibility index (Phi) is 4.50. The lowest BCUT2D eigenvalue weighted by molar-refractivity contribution is -0.119. The summed E-state index contributed by atoms with van der Waals surface area (Å²) in [6.45, 7) is 4.34. The summed E-state index contributed by atoms with van der Waals surface area (Å²) in [7, 11) is 0. The van der Waals surface area contributed by atoms with Crippen molar-refractivity contribution in [3.63, 3.8) is 0 Å². The van der Waals surface area contributed by atoms with Gasteiger partial charge < -0.3 is 11.1 Å². The summed E-state index contributed by atoms with van der Waals surface area (Å²) >= 11 is 0. The largest absolute Gasteiger partial charge is 0.352 e. The van der Waals surface area contributed by atoms with E-state index in [9.17, 15) is 9.18 Å². The smallest absolute Gasteiger partial charge is 0.217 e. The second-order valence-electron chi connectivity index (χ2n) is 5.04. The molecule has 19 heavy (non-hydrogen) atoms. The number of benzene rings is 1. The van der Waals surface area contributed by atoms with E-state index in [2.05, 4.69) is 10.2 Å². The van der Waals surface area contributed by atoms with Gasteiger partial charge in [0.1, 0.15) is 5.82 Å². The first-order valence-corrected chi connectivity index (χ1v) is 6.55. The van der Waals surface area contributed by atoms with Crippen LogP contribution in [0, 0.1) is 5.82 Å². The van der Waals surface area contributed by atoms with Crippen molar-refractivity contribution in [3.8, 4) is 0 Å². The summed E-state index contributed by atoms with van der Waals surface area (Å²) in [5, 5.41) is 2.92. The Morgan fingerprint density at radius 1 is 1.53 bits per heavy atom. The maximum absolute atomic E-state index is 13.3. The van der Waals surface area contributed by atoms with Crippen LogP contribution in [0.2, 0.25) is 0 Å². The Balaban J connectivity index is 1.98. The number of amides is 1. The fraction of sp³-hybridized carbons (Fsp3) is 0.500. The Morgan fingerprint density at radius 2 is 2.32 bits per heavy atom. The van der Waals surface area contributed by atoms with Gasteiger partial charge in [0.05, 0.1) is 0 Å². The number of hydrogen-bond donors (Lipinski definition) is 2. The molecule has 3 N–H and O–H groups in total. The van der Waals surface area contributed by atoms with E-state index in [4.69, 9.17) is 5.73 Å². The predicted molar refractivity (Wildman–Crippen MR) is 71.8 cm³/mol. The number of nitrogens with one attached hydrogen (secondary N) is 1. The van der Waals surface area contributed by atoms with Crippen LogP contribution in [-0.4, -0.2) is 29.9 Å². The lowest BCUT2D eigenvalue weighted by Gasteiger charge is -2.18. The average Bonchev–Trinajstić information content (AvgIpc) is 2.76. The summed E-state index contributed by atoms with van der Waals surface area (Å²) in [6, 6.07) is 4.93. The van der Waals surface area contributed by atoms with Crippen LogP contribution < -0.4 is 11.1 Å². The van der Waals surface area contributed by atoms with Crippen molar-refractivity contribution in [3.05, 3.63) is 35.1 Å². The van der Waals surface area contributed by atoms with Gasteiger partial charge in [0, 0.05) is 39.1 Å². The maximum atomic E-state index is 13.3. The second-order valence-corrected chi connectivity index (χ2v) is 5.04. The van der Waals surface area contributed by atoms with Gasteiger partial charge in [-0.1, -0.05) is 6.07 Å². The first-order valence-electron chi connectivity index (χ1n) is 6.55. The lowest BCUT2D eigenvalue weighted by Crippen LogP contribution is -2.35. The molecule has 1 fully saturated rings. The zero-order chi connectivity index (χ0) is 13.8. The van der Waals surface area contributed by atoms with Crippen LogP contribution >= 0.6 is 0 Å². The third kappa shape index (κ3) is 3.75. The highest BCUT2D eigenvalue weighted by atomic mass is 19.1. The average molecular weight is 265 g/mol. The third-order valence-electron chi connectivity index (χ3n) is 3.46. The zero-order valence-electron chi connectivity index (χ0n) is 11.2.